The summed E-state index contributed by atoms with van der Waals surface area (Å²) in [5.74, 6) is 0. The molecule has 0 unspecified atom stereocenters. The molecule has 84 valence electrons. The Balaban J connectivity index is 1.73. The molecule has 1 aromatic carbocycles. The summed E-state index contributed by atoms with van der Waals surface area (Å²) in [6, 6.07) is 6.68. The van der Waals surface area contributed by atoms with Crippen molar-refractivity contribution in [3.05, 3.63) is 28.2 Å². The highest BCUT2D eigenvalue weighted by molar-refractivity contribution is 7.19. The summed E-state index contributed by atoms with van der Waals surface area (Å²) in [6.45, 7) is 1.03. The van der Waals surface area contributed by atoms with Crippen LogP contribution in [0.3, 0.4) is 0 Å². The van der Waals surface area contributed by atoms with Gasteiger partial charge in [-0.15, -0.1) is 11.3 Å². The largest absolute Gasteiger partial charge is 0.314 e. The third-order valence-electron chi connectivity index (χ3n) is 2.76. The van der Waals surface area contributed by atoms with E-state index >= 15 is 0 Å². The van der Waals surface area contributed by atoms with E-state index in [4.69, 9.17) is 11.6 Å². The molecule has 0 bridgehead atoms. The van der Waals surface area contributed by atoms with Crippen LogP contribution in [0.4, 0.5) is 0 Å². The number of nitrogens with zero attached hydrogens (tertiary/aromatic N) is 1. The number of benzene rings is 1. The van der Waals surface area contributed by atoms with Crippen LogP contribution in [-0.4, -0.2) is 17.6 Å². The number of halogens is 1. The molecule has 1 saturated carbocycles. The number of aromatic nitrogens is 1. The number of hydrogen-bond acceptors (Lipinski definition) is 3. The first-order valence-electron chi connectivity index (χ1n) is 5.60. The third kappa shape index (κ3) is 2.21. The van der Waals surface area contributed by atoms with Gasteiger partial charge in [0.2, 0.25) is 0 Å². The van der Waals surface area contributed by atoms with E-state index < -0.39 is 0 Å². The van der Waals surface area contributed by atoms with E-state index in [2.05, 4.69) is 10.3 Å². The molecule has 0 amide bonds. The summed E-state index contributed by atoms with van der Waals surface area (Å²) < 4.78 is 1.12. The molecule has 3 rings (SSSR count). The number of hydrogen-bond donors (Lipinski definition) is 1. The fourth-order valence-electron chi connectivity index (χ4n) is 1.74. The molecule has 1 aromatic heterocycles. The standard InChI is InChI=1S/C12H13ClN2S/c13-9-2-1-3-10-12(9)16-11(15-10)6-7-14-8-4-5-8/h1-3,8,14H,4-7H2. The van der Waals surface area contributed by atoms with Gasteiger partial charge in [-0.2, -0.15) is 0 Å². The first-order valence-corrected chi connectivity index (χ1v) is 6.80. The molecule has 1 aliphatic rings. The van der Waals surface area contributed by atoms with Crippen molar-refractivity contribution in [1.29, 1.82) is 0 Å². The SMILES string of the molecule is Clc1cccc2nc(CCNC3CC3)sc12. The van der Waals surface area contributed by atoms with Crippen molar-refractivity contribution in [1.82, 2.24) is 10.3 Å². The van der Waals surface area contributed by atoms with E-state index in [1.807, 2.05) is 18.2 Å². The lowest BCUT2D eigenvalue weighted by Gasteiger charge is -1.98. The zero-order valence-corrected chi connectivity index (χ0v) is 10.4. The Morgan fingerprint density at radius 2 is 2.31 bits per heavy atom. The fourth-order valence-corrected chi connectivity index (χ4v) is 2.99. The van der Waals surface area contributed by atoms with E-state index in [9.17, 15) is 0 Å². The van der Waals surface area contributed by atoms with Crippen molar-refractivity contribution < 1.29 is 0 Å². The minimum absolute atomic E-state index is 0.776. The van der Waals surface area contributed by atoms with Gasteiger partial charge in [0.05, 0.1) is 20.2 Å². The summed E-state index contributed by atoms with van der Waals surface area (Å²) >= 11 is 7.83. The highest BCUT2D eigenvalue weighted by Gasteiger charge is 2.19. The molecule has 0 radical (unpaired) electrons. The number of thiazole rings is 1. The summed E-state index contributed by atoms with van der Waals surface area (Å²) in [6.07, 6.45) is 3.68. The predicted molar refractivity (Wildman–Crippen MR) is 69.4 cm³/mol. The first kappa shape index (κ1) is 10.5. The van der Waals surface area contributed by atoms with Crippen molar-refractivity contribution in [3.8, 4) is 0 Å². The Labute approximate surface area is 104 Å². The molecular weight excluding hydrogens is 240 g/mol. The summed E-state index contributed by atoms with van der Waals surface area (Å²) in [4.78, 5) is 4.58. The maximum Gasteiger partial charge on any atom is 0.0951 e. The molecular formula is C12H13ClN2S. The Kier molecular flexibility index (Phi) is 2.84. The van der Waals surface area contributed by atoms with Gasteiger partial charge in [0.1, 0.15) is 0 Å². The second-order valence-corrected chi connectivity index (χ2v) is 5.66. The van der Waals surface area contributed by atoms with Gasteiger partial charge >= 0.3 is 0 Å². The quantitative estimate of drug-likeness (QED) is 0.904. The van der Waals surface area contributed by atoms with E-state index in [0.717, 1.165) is 34.2 Å². The van der Waals surface area contributed by atoms with Crippen LogP contribution in [0.25, 0.3) is 10.2 Å². The predicted octanol–water partition coefficient (Wildman–Crippen LogP) is 3.24. The average molecular weight is 253 g/mol. The molecule has 0 spiro atoms. The van der Waals surface area contributed by atoms with Crippen LogP contribution >= 0.6 is 22.9 Å². The zero-order valence-electron chi connectivity index (χ0n) is 8.87. The second kappa shape index (κ2) is 4.32. The number of fused-ring (bicyclic) bond motifs is 1. The number of rotatable bonds is 4. The van der Waals surface area contributed by atoms with Crippen molar-refractivity contribution in [2.24, 2.45) is 0 Å². The van der Waals surface area contributed by atoms with Crippen molar-refractivity contribution >= 4 is 33.2 Å². The molecule has 0 saturated heterocycles. The normalized spacial score (nSPS) is 15.8. The highest BCUT2D eigenvalue weighted by Crippen LogP contribution is 2.29. The lowest BCUT2D eigenvalue weighted by Crippen LogP contribution is -2.19. The fraction of sp³-hybridized carbons (Fsp3) is 0.417. The van der Waals surface area contributed by atoms with Crippen molar-refractivity contribution in [3.63, 3.8) is 0 Å². The molecule has 1 aliphatic carbocycles. The molecule has 1 N–H and O–H groups in total. The van der Waals surface area contributed by atoms with E-state index in [1.54, 1.807) is 11.3 Å². The zero-order chi connectivity index (χ0) is 11.0. The van der Waals surface area contributed by atoms with Gasteiger partial charge in [0.15, 0.2) is 0 Å². The van der Waals surface area contributed by atoms with Crippen LogP contribution in [0.15, 0.2) is 18.2 Å². The Hall–Kier alpha value is -0.640. The van der Waals surface area contributed by atoms with Crippen LogP contribution in [0.1, 0.15) is 17.8 Å². The van der Waals surface area contributed by atoms with E-state index in [1.165, 1.54) is 17.8 Å². The van der Waals surface area contributed by atoms with E-state index in [0.29, 0.717) is 0 Å². The first-order chi connectivity index (χ1) is 7.83. The molecule has 4 heteroatoms. The van der Waals surface area contributed by atoms with Crippen LogP contribution in [-0.2, 0) is 6.42 Å². The summed E-state index contributed by atoms with van der Waals surface area (Å²) in [5.41, 5.74) is 1.03. The van der Waals surface area contributed by atoms with Gasteiger partial charge in [0.25, 0.3) is 0 Å². The lowest BCUT2D eigenvalue weighted by atomic mass is 10.3. The van der Waals surface area contributed by atoms with Gasteiger partial charge in [-0.05, 0) is 25.0 Å². The van der Waals surface area contributed by atoms with Crippen LogP contribution in [0.5, 0.6) is 0 Å². The molecule has 0 atom stereocenters. The van der Waals surface area contributed by atoms with Gasteiger partial charge in [-0.25, -0.2) is 4.98 Å². The maximum atomic E-state index is 6.12. The third-order valence-corrected chi connectivity index (χ3v) is 4.35. The monoisotopic (exact) mass is 252 g/mol. The average Bonchev–Trinajstić information content (AvgIpc) is 2.98. The Bertz CT molecular complexity index is 505. The topological polar surface area (TPSA) is 24.9 Å². The second-order valence-electron chi connectivity index (χ2n) is 4.17. The smallest absolute Gasteiger partial charge is 0.0951 e. The van der Waals surface area contributed by atoms with Gasteiger partial charge < -0.3 is 5.32 Å². The Morgan fingerprint density at radius 1 is 1.44 bits per heavy atom. The van der Waals surface area contributed by atoms with Gasteiger partial charge in [0, 0.05) is 19.0 Å². The van der Waals surface area contributed by atoms with Gasteiger partial charge in [-0.1, -0.05) is 17.7 Å². The molecule has 2 nitrogen and oxygen atoms in total. The molecule has 1 fully saturated rings. The Morgan fingerprint density at radius 3 is 3.06 bits per heavy atom. The molecule has 2 aromatic rings. The lowest BCUT2D eigenvalue weighted by molar-refractivity contribution is 0.681. The summed E-state index contributed by atoms with van der Waals surface area (Å²) in [5, 5.41) is 5.49. The van der Waals surface area contributed by atoms with Crippen molar-refractivity contribution in [2.75, 3.05) is 6.54 Å². The maximum absolute atomic E-state index is 6.12. The molecule has 1 heterocycles. The van der Waals surface area contributed by atoms with E-state index in [-0.39, 0.29) is 0 Å². The van der Waals surface area contributed by atoms with Crippen molar-refractivity contribution in [2.45, 2.75) is 25.3 Å². The van der Waals surface area contributed by atoms with Gasteiger partial charge in [-0.3, -0.25) is 0 Å². The number of nitrogens with one attached hydrogen (secondary N) is 1. The molecule has 0 aliphatic heterocycles. The van der Waals surface area contributed by atoms with Crippen LogP contribution in [0, 0.1) is 0 Å². The highest BCUT2D eigenvalue weighted by atomic mass is 35.5. The molecule has 16 heavy (non-hydrogen) atoms. The van der Waals surface area contributed by atoms with Crippen LogP contribution < -0.4 is 5.32 Å². The van der Waals surface area contributed by atoms with Crippen LogP contribution in [0.2, 0.25) is 5.02 Å². The minimum atomic E-state index is 0.776. The summed E-state index contributed by atoms with van der Waals surface area (Å²) in [7, 11) is 0. The minimum Gasteiger partial charge on any atom is -0.314 e.